The van der Waals surface area contributed by atoms with E-state index in [2.05, 4.69) is 10.0 Å². The molecule has 2 fully saturated rings. The van der Waals surface area contributed by atoms with Crippen LogP contribution >= 0.6 is 0 Å². The first-order valence-corrected chi connectivity index (χ1v) is 10.2. The van der Waals surface area contributed by atoms with E-state index in [1.165, 1.54) is 0 Å². The van der Waals surface area contributed by atoms with Crippen molar-refractivity contribution in [3.63, 3.8) is 0 Å². The second-order valence-corrected chi connectivity index (χ2v) is 8.58. The Kier molecular flexibility index (Phi) is 4.05. The van der Waals surface area contributed by atoms with E-state index < -0.39 is 16.1 Å². The van der Waals surface area contributed by atoms with E-state index in [1.54, 1.807) is 0 Å². The van der Waals surface area contributed by atoms with Gasteiger partial charge in [0.05, 0.1) is 24.4 Å². The van der Waals surface area contributed by atoms with Crippen LogP contribution in [0.5, 0.6) is 0 Å². The van der Waals surface area contributed by atoms with Crippen molar-refractivity contribution in [2.75, 3.05) is 12.9 Å². The average Bonchev–Trinajstić information content (AvgIpc) is 3.15. The molecule has 1 amide bonds. The molecule has 1 aliphatic carbocycles. The standard InChI is InChI=1S/C17H21N3O4S/c1-25(22,23)19-16-15(12-7-9-24-17(12)16)18-14(21)10-20-8-6-11-4-2-3-5-13(11)20/h2-6,8,12,15-17,19H,7,9-10H2,1H3,(H,18,21)/t12-,15+,16-,17-/m1/s1. The molecular formula is C17H21N3O4S. The molecule has 8 heteroatoms. The Morgan fingerprint density at radius 3 is 2.88 bits per heavy atom. The number of hydrogen-bond acceptors (Lipinski definition) is 4. The lowest BCUT2D eigenvalue weighted by Gasteiger charge is -2.47. The highest BCUT2D eigenvalue weighted by molar-refractivity contribution is 7.88. The summed E-state index contributed by atoms with van der Waals surface area (Å²) >= 11 is 0. The number of aromatic nitrogens is 1. The number of ether oxygens (including phenoxy) is 1. The van der Waals surface area contributed by atoms with Gasteiger partial charge in [-0.05, 0) is 23.9 Å². The Bertz CT molecular complexity index is 908. The van der Waals surface area contributed by atoms with Crippen LogP contribution in [-0.4, -0.2) is 49.9 Å². The van der Waals surface area contributed by atoms with Crippen molar-refractivity contribution >= 4 is 26.8 Å². The second kappa shape index (κ2) is 6.12. The minimum absolute atomic E-state index is 0.128. The molecule has 1 aromatic carbocycles. The quantitative estimate of drug-likeness (QED) is 0.808. The molecule has 7 nitrogen and oxygen atoms in total. The maximum absolute atomic E-state index is 12.5. The van der Waals surface area contributed by atoms with Crippen molar-refractivity contribution in [2.24, 2.45) is 5.92 Å². The van der Waals surface area contributed by atoms with Gasteiger partial charge in [0.25, 0.3) is 0 Å². The first kappa shape index (κ1) is 16.6. The van der Waals surface area contributed by atoms with Gasteiger partial charge in [-0.25, -0.2) is 13.1 Å². The zero-order chi connectivity index (χ0) is 17.6. The molecule has 1 saturated heterocycles. The number of carbonyl (C=O) groups is 1. The van der Waals surface area contributed by atoms with E-state index in [-0.39, 0.29) is 30.5 Å². The molecule has 4 atom stereocenters. The Balaban J connectivity index is 1.46. The predicted molar refractivity (Wildman–Crippen MR) is 93.5 cm³/mol. The molecule has 0 radical (unpaired) electrons. The first-order valence-electron chi connectivity index (χ1n) is 8.34. The van der Waals surface area contributed by atoms with Gasteiger partial charge in [-0.1, -0.05) is 18.2 Å². The van der Waals surface area contributed by atoms with Gasteiger partial charge in [-0.2, -0.15) is 0 Å². The van der Waals surface area contributed by atoms with Gasteiger partial charge < -0.3 is 14.6 Å². The van der Waals surface area contributed by atoms with E-state index in [0.29, 0.717) is 6.61 Å². The molecule has 1 aromatic heterocycles. The molecule has 4 rings (SSSR count). The van der Waals surface area contributed by atoms with E-state index in [9.17, 15) is 13.2 Å². The van der Waals surface area contributed by atoms with E-state index >= 15 is 0 Å². The molecule has 0 spiro atoms. The number of sulfonamides is 1. The predicted octanol–water partition coefficient (Wildman–Crippen LogP) is 0.463. The van der Waals surface area contributed by atoms with Crippen LogP contribution in [0, 0.1) is 5.92 Å². The fraction of sp³-hybridized carbons (Fsp3) is 0.471. The number of nitrogens with one attached hydrogen (secondary N) is 2. The van der Waals surface area contributed by atoms with Crippen LogP contribution < -0.4 is 10.0 Å². The van der Waals surface area contributed by atoms with Crippen molar-refractivity contribution in [1.82, 2.24) is 14.6 Å². The Hall–Kier alpha value is -1.90. The van der Waals surface area contributed by atoms with Gasteiger partial charge in [0.1, 0.15) is 6.54 Å². The largest absolute Gasteiger partial charge is 0.376 e. The van der Waals surface area contributed by atoms with Gasteiger partial charge in [-0.15, -0.1) is 0 Å². The Morgan fingerprint density at radius 1 is 1.28 bits per heavy atom. The molecule has 1 saturated carbocycles. The summed E-state index contributed by atoms with van der Waals surface area (Å²) in [4.78, 5) is 12.5. The van der Waals surface area contributed by atoms with Crippen LogP contribution in [-0.2, 0) is 26.1 Å². The maximum atomic E-state index is 12.5. The maximum Gasteiger partial charge on any atom is 0.240 e. The van der Waals surface area contributed by atoms with Crippen molar-refractivity contribution in [3.8, 4) is 0 Å². The molecule has 2 N–H and O–H groups in total. The summed E-state index contributed by atoms with van der Waals surface area (Å²) in [6.07, 6.45) is 3.70. The van der Waals surface area contributed by atoms with Gasteiger partial charge in [0.2, 0.25) is 15.9 Å². The number of hydrogen-bond donors (Lipinski definition) is 2. The minimum Gasteiger partial charge on any atom is -0.376 e. The number of rotatable bonds is 5. The van der Waals surface area contributed by atoms with E-state index in [1.807, 2.05) is 41.1 Å². The molecule has 134 valence electrons. The van der Waals surface area contributed by atoms with Gasteiger partial charge in [-0.3, -0.25) is 4.79 Å². The third-order valence-electron chi connectivity index (χ3n) is 5.06. The average molecular weight is 363 g/mol. The summed E-state index contributed by atoms with van der Waals surface area (Å²) in [6, 6.07) is 9.23. The normalized spacial score (nSPS) is 28.5. The lowest BCUT2D eigenvalue weighted by Crippen LogP contribution is -2.71. The van der Waals surface area contributed by atoms with Crippen LogP contribution in [0.2, 0.25) is 0 Å². The van der Waals surface area contributed by atoms with Crippen LogP contribution in [0.1, 0.15) is 6.42 Å². The van der Waals surface area contributed by atoms with Crippen molar-refractivity contribution in [2.45, 2.75) is 31.2 Å². The lowest BCUT2D eigenvalue weighted by atomic mass is 9.72. The van der Waals surface area contributed by atoms with E-state index in [4.69, 9.17) is 4.74 Å². The number of amides is 1. The van der Waals surface area contributed by atoms with Gasteiger partial charge >= 0.3 is 0 Å². The molecule has 2 aliphatic rings. The zero-order valence-electron chi connectivity index (χ0n) is 13.9. The Morgan fingerprint density at radius 2 is 2.08 bits per heavy atom. The van der Waals surface area contributed by atoms with Crippen molar-refractivity contribution < 1.29 is 17.9 Å². The van der Waals surface area contributed by atoms with Crippen LogP contribution in [0.15, 0.2) is 36.5 Å². The topological polar surface area (TPSA) is 89.4 Å². The monoisotopic (exact) mass is 363 g/mol. The zero-order valence-corrected chi connectivity index (χ0v) is 14.7. The van der Waals surface area contributed by atoms with Gasteiger partial charge in [0.15, 0.2) is 0 Å². The third kappa shape index (κ3) is 3.17. The SMILES string of the molecule is CS(=O)(=O)N[C@@H]1[C@@H](NC(=O)Cn2ccc3ccccc32)[C@H]2CCO[C@H]21. The Labute approximate surface area is 146 Å². The van der Waals surface area contributed by atoms with Crippen molar-refractivity contribution in [1.29, 1.82) is 0 Å². The van der Waals surface area contributed by atoms with Crippen LogP contribution in [0.25, 0.3) is 10.9 Å². The highest BCUT2D eigenvalue weighted by atomic mass is 32.2. The first-order chi connectivity index (χ1) is 11.9. The fourth-order valence-corrected chi connectivity index (χ4v) is 4.73. The summed E-state index contributed by atoms with van der Waals surface area (Å²) in [7, 11) is -3.36. The van der Waals surface area contributed by atoms with Crippen LogP contribution in [0.4, 0.5) is 0 Å². The van der Waals surface area contributed by atoms with Crippen LogP contribution in [0.3, 0.4) is 0 Å². The molecule has 25 heavy (non-hydrogen) atoms. The molecule has 1 aliphatic heterocycles. The number of carbonyl (C=O) groups excluding carboxylic acids is 1. The highest BCUT2D eigenvalue weighted by Crippen LogP contribution is 2.39. The molecule has 2 aromatic rings. The molecule has 2 heterocycles. The lowest BCUT2D eigenvalue weighted by molar-refractivity contribution is -0.125. The number of nitrogens with zero attached hydrogens (tertiary/aromatic N) is 1. The summed E-state index contributed by atoms with van der Waals surface area (Å²) in [6.45, 7) is 0.805. The number of para-hydroxylation sites is 1. The molecule has 0 unspecified atom stereocenters. The van der Waals surface area contributed by atoms with Crippen molar-refractivity contribution in [3.05, 3.63) is 36.5 Å². The molecule has 0 bridgehead atoms. The summed E-state index contributed by atoms with van der Waals surface area (Å²) in [5.74, 6) is 0.0432. The fourth-order valence-electron chi connectivity index (χ4n) is 3.96. The third-order valence-corrected chi connectivity index (χ3v) is 5.76. The second-order valence-electron chi connectivity index (χ2n) is 6.80. The number of fused-ring (bicyclic) bond motifs is 2. The smallest absolute Gasteiger partial charge is 0.240 e. The summed E-state index contributed by atoms with van der Waals surface area (Å²) in [5, 5.41) is 4.08. The number of benzene rings is 1. The summed E-state index contributed by atoms with van der Waals surface area (Å²) in [5.41, 5.74) is 0.999. The highest BCUT2D eigenvalue weighted by Gasteiger charge is 2.55. The van der Waals surface area contributed by atoms with Gasteiger partial charge in [0, 0.05) is 24.2 Å². The summed E-state index contributed by atoms with van der Waals surface area (Å²) < 4.78 is 33.2. The molecular weight excluding hydrogens is 342 g/mol. The van der Waals surface area contributed by atoms with E-state index in [0.717, 1.165) is 23.6 Å². The minimum atomic E-state index is -3.36.